The number of amides is 1. The zero-order valence-corrected chi connectivity index (χ0v) is 15.5. The normalized spacial score (nSPS) is 24.9. The molecule has 7 nitrogen and oxygen atoms in total. The lowest BCUT2D eigenvalue weighted by atomic mass is 9.95. The summed E-state index contributed by atoms with van der Waals surface area (Å²) in [5.74, 6) is 2.42. The lowest BCUT2D eigenvalue weighted by Gasteiger charge is -2.33. The Morgan fingerprint density at radius 3 is 2.54 bits per heavy atom. The van der Waals surface area contributed by atoms with Crippen LogP contribution in [-0.4, -0.2) is 72.9 Å². The summed E-state index contributed by atoms with van der Waals surface area (Å²) < 4.78 is 11.0. The minimum atomic E-state index is -0.213. The van der Waals surface area contributed by atoms with Crippen LogP contribution in [0.5, 0.6) is 0 Å². The maximum absolute atomic E-state index is 12.5. The summed E-state index contributed by atoms with van der Waals surface area (Å²) in [4.78, 5) is 26.3. The Balaban J connectivity index is 1.40. The monoisotopic (exact) mass is 360 g/mol. The number of likely N-dealkylation sites (tertiary alicyclic amines) is 1. The van der Waals surface area contributed by atoms with E-state index in [-0.39, 0.29) is 12.0 Å². The van der Waals surface area contributed by atoms with E-state index in [0.717, 1.165) is 82.4 Å². The number of morpholine rings is 1. The van der Waals surface area contributed by atoms with Crippen molar-refractivity contribution >= 4 is 11.7 Å². The Bertz CT molecular complexity index is 634. The van der Waals surface area contributed by atoms with Crippen molar-refractivity contribution in [2.24, 2.45) is 0 Å². The highest BCUT2D eigenvalue weighted by molar-refractivity contribution is 5.81. The average Bonchev–Trinajstić information content (AvgIpc) is 3.22. The number of carbonyl (C=O) groups is 1. The molecule has 0 aromatic carbocycles. The highest BCUT2D eigenvalue weighted by atomic mass is 16.5. The maximum Gasteiger partial charge on any atom is 0.251 e. The first-order valence-electron chi connectivity index (χ1n) is 9.79. The van der Waals surface area contributed by atoms with Gasteiger partial charge in [-0.15, -0.1) is 0 Å². The largest absolute Gasteiger partial charge is 0.378 e. The van der Waals surface area contributed by atoms with E-state index < -0.39 is 0 Å². The summed E-state index contributed by atoms with van der Waals surface area (Å²) >= 11 is 0. The number of hydrogen-bond donors (Lipinski definition) is 0. The lowest BCUT2D eigenvalue weighted by molar-refractivity contribution is -0.142. The smallest absolute Gasteiger partial charge is 0.251 e. The van der Waals surface area contributed by atoms with Gasteiger partial charge >= 0.3 is 0 Å². The number of ether oxygens (including phenoxy) is 2. The number of anilines is 1. The van der Waals surface area contributed by atoms with Crippen LogP contribution in [0, 0.1) is 6.92 Å². The van der Waals surface area contributed by atoms with Crippen LogP contribution in [-0.2, 0) is 14.3 Å². The van der Waals surface area contributed by atoms with Crippen LogP contribution in [0.25, 0.3) is 0 Å². The molecule has 0 aliphatic carbocycles. The van der Waals surface area contributed by atoms with Crippen molar-refractivity contribution < 1.29 is 14.3 Å². The van der Waals surface area contributed by atoms with Gasteiger partial charge in [0, 0.05) is 50.5 Å². The van der Waals surface area contributed by atoms with Crippen molar-refractivity contribution in [2.75, 3.05) is 50.9 Å². The van der Waals surface area contributed by atoms with Gasteiger partial charge in [-0.1, -0.05) is 0 Å². The van der Waals surface area contributed by atoms with Gasteiger partial charge in [-0.05, 0) is 32.6 Å². The molecule has 1 atom stereocenters. The van der Waals surface area contributed by atoms with E-state index in [4.69, 9.17) is 19.4 Å². The molecule has 0 unspecified atom stereocenters. The Kier molecular flexibility index (Phi) is 5.36. The van der Waals surface area contributed by atoms with Crippen molar-refractivity contribution in [3.8, 4) is 0 Å². The third kappa shape index (κ3) is 3.83. The van der Waals surface area contributed by atoms with Crippen molar-refractivity contribution in [3.05, 3.63) is 17.6 Å². The van der Waals surface area contributed by atoms with Gasteiger partial charge in [0.05, 0.1) is 13.2 Å². The molecule has 26 heavy (non-hydrogen) atoms. The summed E-state index contributed by atoms with van der Waals surface area (Å²) in [5.41, 5.74) is 1.01. The molecule has 3 saturated heterocycles. The molecule has 142 valence electrons. The van der Waals surface area contributed by atoms with Gasteiger partial charge in [0.2, 0.25) is 0 Å². The second-order valence-corrected chi connectivity index (χ2v) is 7.43. The minimum absolute atomic E-state index is 0.167. The molecule has 1 aromatic rings. The molecular weight excluding hydrogens is 332 g/mol. The third-order valence-electron chi connectivity index (χ3n) is 5.57. The third-order valence-corrected chi connectivity index (χ3v) is 5.57. The summed E-state index contributed by atoms with van der Waals surface area (Å²) in [6.07, 6.45) is 3.49. The molecule has 3 aliphatic rings. The van der Waals surface area contributed by atoms with Gasteiger partial charge in [-0.25, -0.2) is 9.97 Å². The van der Waals surface area contributed by atoms with E-state index in [1.807, 2.05) is 11.8 Å². The summed E-state index contributed by atoms with van der Waals surface area (Å²) in [5, 5.41) is 0. The number of aryl methyl sites for hydroxylation is 1. The number of aromatic nitrogens is 2. The van der Waals surface area contributed by atoms with Crippen LogP contribution < -0.4 is 4.90 Å². The molecule has 3 aliphatic heterocycles. The Morgan fingerprint density at radius 1 is 1.08 bits per heavy atom. The highest BCUT2D eigenvalue weighted by Gasteiger charge is 2.32. The van der Waals surface area contributed by atoms with Crippen LogP contribution in [0.15, 0.2) is 6.07 Å². The van der Waals surface area contributed by atoms with Gasteiger partial charge in [0.1, 0.15) is 17.7 Å². The van der Waals surface area contributed by atoms with Gasteiger partial charge in [0.15, 0.2) is 0 Å². The van der Waals surface area contributed by atoms with Crippen molar-refractivity contribution in [2.45, 2.75) is 44.6 Å². The van der Waals surface area contributed by atoms with Crippen LogP contribution in [0.3, 0.4) is 0 Å². The van der Waals surface area contributed by atoms with Gasteiger partial charge in [-0.2, -0.15) is 0 Å². The first-order valence-corrected chi connectivity index (χ1v) is 9.79. The highest BCUT2D eigenvalue weighted by Crippen LogP contribution is 2.28. The predicted octanol–water partition coefficient (Wildman–Crippen LogP) is 1.51. The molecule has 7 heteroatoms. The van der Waals surface area contributed by atoms with Crippen LogP contribution in [0.1, 0.15) is 43.1 Å². The molecule has 3 fully saturated rings. The van der Waals surface area contributed by atoms with Gasteiger partial charge < -0.3 is 19.3 Å². The first kappa shape index (κ1) is 17.7. The first-order chi connectivity index (χ1) is 12.7. The average molecular weight is 360 g/mol. The Morgan fingerprint density at radius 2 is 1.85 bits per heavy atom. The van der Waals surface area contributed by atoms with E-state index >= 15 is 0 Å². The molecule has 1 amide bonds. The van der Waals surface area contributed by atoms with E-state index in [2.05, 4.69) is 11.0 Å². The van der Waals surface area contributed by atoms with Crippen molar-refractivity contribution in [3.63, 3.8) is 0 Å². The second kappa shape index (κ2) is 7.88. The molecule has 0 saturated carbocycles. The Labute approximate surface area is 154 Å². The number of carbonyl (C=O) groups excluding carboxylic acids is 1. The minimum Gasteiger partial charge on any atom is -0.378 e. The zero-order valence-electron chi connectivity index (χ0n) is 15.5. The molecule has 1 aromatic heterocycles. The van der Waals surface area contributed by atoms with E-state index in [9.17, 15) is 4.79 Å². The Hall–Kier alpha value is -1.73. The van der Waals surface area contributed by atoms with Gasteiger partial charge in [-0.3, -0.25) is 4.79 Å². The number of rotatable bonds is 3. The van der Waals surface area contributed by atoms with Crippen molar-refractivity contribution in [1.82, 2.24) is 14.9 Å². The van der Waals surface area contributed by atoms with Crippen LogP contribution in [0.4, 0.5) is 5.82 Å². The lowest BCUT2D eigenvalue weighted by Crippen LogP contribution is -2.43. The number of nitrogens with zero attached hydrogens (tertiary/aromatic N) is 4. The predicted molar refractivity (Wildman–Crippen MR) is 97.3 cm³/mol. The van der Waals surface area contributed by atoms with Crippen LogP contribution >= 0.6 is 0 Å². The summed E-state index contributed by atoms with van der Waals surface area (Å²) in [6, 6.07) is 2.06. The summed E-state index contributed by atoms with van der Waals surface area (Å²) in [7, 11) is 0. The molecule has 4 heterocycles. The summed E-state index contributed by atoms with van der Waals surface area (Å²) in [6.45, 7) is 7.55. The maximum atomic E-state index is 12.5. The quantitative estimate of drug-likeness (QED) is 0.814. The fraction of sp³-hybridized carbons (Fsp3) is 0.737. The van der Waals surface area contributed by atoms with Gasteiger partial charge in [0.25, 0.3) is 5.91 Å². The SMILES string of the molecule is Cc1cc(N2CCOCC2)nc(C2CCN(C(=O)[C@H]3CCCO3)CC2)n1. The topological polar surface area (TPSA) is 67.8 Å². The fourth-order valence-corrected chi connectivity index (χ4v) is 4.05. The molecule has 4 rings (SSSR count). The van der Waals surface area contributed by atoms with Crippen LogP contribution in [0.2, 0.25) is 0 Å². The fourth-order valence-electron chi connectivity index (χ4n) is 4.05. The number of piperidine rings is 1. The number of hydrogen-bond acceptors (Lipinski definition) is 6. The second-order valence-electron chi connectivity index (χ2n) is 7.43. The zero-order chi connectivity index (χ0) is 17.9. The molecule has 0 N–H and O–H groups in total. The molecule has 0 spiro atoms. The standard InChI is InChI=1S/C19H28N4O3/c1-14-13-17(22-8-11-25-12-9-22)21-18(20-14)15-4-6-23(7-5-15)19(24)16-3-2-10-26-16/h13,15-16H,2-12H2,1H3/t16-/m1/s1. The molecule has 0 bridgehead atoms. The molecule has 0 radical (unpaired) electrons. The van der Waals surface area contributed by atoms with E-state index in [1.165, 1.54) is 0 Å². The van der Waals surface area contributed by atoms with E-state index in [1.54, 1.807) is 0 Å². The molecular formula is C19H28N4O3. The van der Waals surface area contributed by atoms with E-state index in [0.29, 0.717) is 12.5 Å². The van der Waals surface area contributed by atoms with Crippen molar-refractivity contribution in [1.29, 1.82) is 0 Å².